The van der Waals surface area contributed by atoms with Crippen molar-refractivity contribution in [2.24, 2.45) is 0 Å². The highest BCUT2D eigenvalue weighted by Gasteiger charge is 2.13. The van der Waals surface area contributed by atoms with Crippen molar-refractivity contribution in [2.45, 2.75) is 0 Å². The molecule has 5 heteroatoms. The van der Waals surface area contributed by atoms with Crippen molar-refractivity contribution in [3.8, 4) is 5.75 Å². The number of rotatable bonds is 4. The molecule has 0 unspecified atom stereocenters. The standard InChI is InChI=1S/C17H14N2O3/c1-22-13-6-3-5-12(10-13)19-16-15-11(8-9-18-16)4-2-7-14(15)17(20)21/h2-10H,1H3,(H,18,19)(H,20,21). The molecule has 0 saturated carbocycles. The van der Waals surface area contributed by atoms with Gasteiger partial charge in [0.25, 0.3) is 0 Å². The summed E-state index contributed by atoms with van der Waals surface area (Å²) in [6, 6.07) is 14.3. The Morgan fingerprint density at radius 3 is 2.77 bits per heavy atom. The molecule has 0 aliphatic rings. The number of ether oxygens (including phenoxy) is 1. The van der Waals surface area contributed by atoms with Crippen molar-refractivity contribution in [3.63, 3.8) is 0 Å². The first-order valence-electron chi connectivity index (χ1n) is 6.71. The zero-order valence-corrected chi connectivity index (χ0v) is 11.9. The molecule has 0 radical (unpaired) electrons. The van der Waals surface area contributed by atoms with Gasteiger partial charge in [0.2, 0.25) is 0 Å². The summed E-state index contributed by atoms with van der Waals surface area (Å²) in [7, 11) is 1.60. The van der Waals surface area contributed by atoms with Crippen LogP contribution in [0.2, 0.25) is 0 Å². The van der Waals surface area contributed by atoms with Gasteiger partial charge in [0.15, 0.2) is 0 Å². The van der Waals surface area contributed by atoms with E-state index in [-0.39, 0.29) is 5.56 Å². The number of aromatic carboxylic acids is 1. The van der Waals surface area contributed by atoms with Gasteiger partial charge in [0.05, 0.1) is 12.7 Å². The minimum Gasteiger partial charge on any atom is -0.497 e. The van der Waals surface area contributed by atoms with Gasteiger partial charge >= 0.3 is 5.97 Å². The normalized spacial score (nSPS) is 10.4. The molecule has 2 N–H and O–H groups in total. The molecule has 5 nitrogen and oxygen atoms in total. The van der Waals surface area contributed by atoms with Gasteiger partial charge in [-0.1, -0.05) is 18.2 Å². The predicted octanol–water partition coefficient (Wildman–Crippen LogP) is 3.69. The number of pyridine rings is 1. The van der Waals surface area contributed by atoms with Gasteiger partial charge < -0.3 is 15.2 Å². The van der Waals surface area contributed by atoms with E-state index in [0.29, 0.717) is 17.0 Å². The Labute approximate surface area is 127 Å². The maximum Gasteiger partial charge on any atom is 0.336 e. The molecule has 3 aromatic rings. The van der Waals surface area contributed by atoms with E-state index in [1.807, 2.05) is 30.3 Å². The van der Waals surface area contributed by atoms with Gasteiger partial charge in [-0.05, 0) is 29.7 Å². The monoisotopic (exact) mass is 294 g/mol. The maximum atomic E-state index is 11.4. The van der Waals surface area contributed by atoms with Crippen LogP contribution in [0.1, 0.15) is 10.4 Å². The van der Waals surface area contributed by atoms with Gasteiger partial charge in [-0.2, -0.15) is 0 Å². The largest absolute Gasteiger partial charge is 0.497 e. The summed E-state index contributed by atoms with van der Waals surface area (Å²) >= 11 is 0. The Bertz CT molecular complexity index is 841. The van der Waals surface area contributed by atoms with Gasteiger partial charge in [-0.3, -0.25) is 0 Å². The number of nitrogens with zero attached hydrogens (tertiary/aromatic N) is 1. The van der Waals surface area contributed by atoms with Crippen molar-refractivity contribution < 1.29 is 14.6 Å². The van der Waals surface area contributed by atoms with Crippen molar-refractivity contribution in [3.05, 3.63) is 60.3 Å². The number of hydrogen-bond acceptors (Lipinski definition) is 4. The van der Waals surface area contributed by atoms with Gasteiger partial charge in [0.1, 0.15) is 11.6 Å². The van der Waals surface area contributed by atoms with Crippen LogP contribution >= 0.6 is 0 Å². The van der Waals surface area contributed by atoms with Crippen LogP contribution in [0.15, 0.2) is 54.7 Å². The molecule has 0 saturated heterocycles. The molecule has 0 aliphatic carbocycles. The summed E-state index contributed by atoms with van der Waals surface area (Å²) in [6.45, 7) is 0. The second-order valence-electron chi connectivity index (χ2n) is 4.73. The van der Waals surface area contributed by atoms with Gasteiger partial charge in [-0.25, -0.2) is 9.78 Å². The van der Waals surface area contributed by atoms with E-state index < -0.39 is 5.97 Å². The molecule has 0 bridgehead atoms. The minimum absolute atomic E-state index is 0.219. The predicted molar refractivity (Wildman–Crippen MR) is 85.0 cm³/mol. The third kappa shape index (κ3) is 2.56. The first-order valence-corrected chi connectivity index (χ1v) is 6.71. The van der Waals surface area contributed by atoms with E-state index in [2.05, 4.69) is 10.3 Å². The lowest BCUT2D eigenvalue weighted by molar-refractivity contribution is 0.0699. The summed E-state index contributed by atoms with van der Waals surface area (Å²) in [6.07, 6.45) is 1.65. The van der Waals surface area contributed by atoms with E-state index >= 15 is 0 Å². The Balaban J connectivity index is 2.12. The smallest absolute Gasteiger partial charge is 0.336 e. The third-order valence-electron chi connectivity index (χ3n) is 3.35. The highest BCUT2D eigenvalue weighted by Crippen LogP contribution is 2.28. The number of aromatic nitrogens is 1. The third-order valence-corrected chi connectivity index (χ3v) is 3.35. The summed E-state index contributed by atoms with van der Waals surface area (Å²) in [5.74, 6) is 0.236. The van der Waals surface area contributed by atoms with E-state index in [9.17, 15) is 9.90 Å². The molecular formula is C17H14N2O3. The molecule has 1 aromatic heterocycles. The van der Waals surface area contributed by atoms with E-state index in [0.717, 1.165) is 11.1 Å². The fourth-order valence-corrected chi connectivity index (χ4v) is 2.34. The topological polar surface area (TPSA) is 71.5 Å². The summed E-state index contributed by atoms with van der Waals surface area (Å²) < 4.78 is 5.19. The summed E-state index contributed by atoms with van der Waals surface area (Å²) in [5.41, 5.74) is 0.996. The fraction of sp³-hybridized carbons (Fsp3) is 0.0588. The molecule has 0 fully saturated rings. The molecule has 0 spiro atoms. The number of anilines is 2. The fourth-order valence-electron chi connectivity index (χ4n) is 2.34. The van der Waals surface area contributed by atoms with Crippen LogP contribution in [0.5, 0.6) is 5.75 Å². The van der Waals surface area contributed by atoms with Crippen LogP contribution in [0.25, 0.3) is 10.8 Å². The van der Waals surface area contributed by atoms with Crippen LogP contribution in [0, 0.1) is 0 Å². The first-order chi connectivity index (χ1) is 10.7. The van der Waals surface area contributed by atoms with Crippen LogP contribution in [0.3, 0.4) is 0 Å². The molecule has 22 heavy (non-hydrogen) atoms. The van der Waals surface area contributed by atoms with Crippen LogP contribution in [-0.4, -0.2) is 23.2 Å². The van der Waals surface area contributed by atoms with Crippen LogP contribution < -0.4 is 10.1 Å². The number of nitrogens with one attached hydrogen (secondary N) is 1. The second kappa shape index (κ2) is 5.73. The number of hydrogen-bond donors (Lipinski definition) is 2. The molecule has 2 aromatic carbocycles. The molecule has 0 amide bonds. The highest BCUT2D eigenvalue weighted by atomic mass is 16.5. The van der Waals surface area contributed by atoms with E-state index in [1.54, 1.807) is 31.5 Å². The number of benzene rings is 2. The van der Waals surface area contributed by atoms with Crippen LogP contribution in [-0.2, 0) is 0 Å². The lowest BCUT2D eigenvalue weighted by Gasteiger charge is -2.11. The molecule has 110 valence electrons. The first kappa shape index (κ1) is 13.9. The van der Waals surface area contributed by atoms with Crippen LogP contribution in [0.4, 0.5) is 11.5 Å². The van der Waals surface area contributed by atoms with Crippen molar-refractivity contribution in [2.75, 3.05) is 12.4 Å². The molecule has 1 heterocycles. The van der Waals surface area contributed by atoms with Gasteiger partial charge in [0, 0.05) is 23.3 Å². The molecule has 0 aliphatic heterocycles. The number of methoxy groups -OCH3 is 1. The SMILES string of the molecule is COc1cccc(Nc2nccc3cccc(C(=O)O)c23)c1. The number of carbonyl (C=O) groups is 1. The van der Waals surface area contributed by atoms with E-state index in [4.69, 9.17) is 4.74 Å². The molecule has 0 atom stereocenters. The minimum atomic E-state index is -0.979. The Hall–Kier alpha value is -3.08. The Morgan fingerprint density at radius 2 is 2.00 bits per heavy atom. The lowest BCUT2D eigenvalue weighted by Crippen LogP contribution is -2.02. The Morgan fingerprint density at radius 1 is 1.18 bits per heavy atom. The quantitative estimate of drug-likeness (QED) is 0.768. The van der Waals surface area contributed by atoms with Crippen molar-refractivity contribution >= 4 is 28.2 Å². The number of fused-ring (bicyclic) bond motifs is 1. The lowest BCUT2D eigenvalue weighted by atomic mass is 10.1. The number of carboxylic acids is 1. The molecule has 3 rings (SSSR count). The highest BCUT2D eigenvalue weighted by molar-refractivity contribution is 6.08. The van der Waals surface area contributed by atoms with Crippen molar-refractivity contribution in [1.29, 1.82) is 0 Å². The molecular weight excluding hydrogens is 280 g/mol. The Kier molecular flexibility index (Phi) is 3.62. The number of carboxylic acid groups (broad SMARTS) is 1. The summed E-state index contributed by atoms with van der Waals surface area (Å²) in [5, 5.41) is 13.9. The zero-order valence-electron chi connectivity index (χ0n) is 11.9. The van der Waals surface area contributed by atoms with Crippen molar-refractivity contribution in [1.82, 2.24) is 4.98 Å². The summed E-state index contributed by atoms with van der Waals surface area (Å²) in [4.78, 5) is 15.7. The zero-order chi connectivity index (χ0) is 15.5. The second-order valence-corrected chi connectivity index (χ2v) is 4.73. The average molecular weight is 294 g/mol. The van der Waals surface area contributed by atoms with E-state index in [1.165, 1.54) is 0 Å². The average Bonchev–Trinajstić information content (AvgIpc) is 2.54. The van der Waals surface area contributed by atoms with Gasteiger partial charge in [-0.15, -0.1) is 0 Å². The maximum absolute atomic E-state index is 11.4.